The van der Waals surface area contributed by atoms with E-state index in [1.165, 1.54) is 47.1 Å². The molecule has 1 fully saturated rings. The Labute approximate surface area is 130 Å². The van der Waals surface area contributed by atoms with E-state index in [0.717, 1.165) is 19.0 Å². The van der Waals surface area contributed by atoms with Gasteiger partial charge in [0.2, 0.25) is 0 Å². The highest BCUT2D eigenvalue weighted by atomic mass is 32.1. The second-order valence-corrected chi connectivity index (χ2v) is 7.36. The molecule has 1 aliphatic rings. The number of aliphatic hydroxyl groups excluding tert-OH is 1. The first-order valence-corrected chi connectivity index (χ1v) is 8.81. The lowest BCUT2D eigenvalue weighted by atomic mass is 9.94. The number of hydrogen-bond acceptors (Lipinski definition) is 4. The number of fused-ring (bicyclic) bond motifs is 1. The smallest absolute Gasteiger partial charge is 0.0529 e. The molecule has 0 bridgehead atoms. The van der Waals surface area contributed by atoms with E-state index in [4.69, 9.17) is 0 Å². The molecule has 2 N–H and O–H groups in total. The summed E-state index contributed by atoms with van der Waals surface area (Å²) in [5.41, 5.74) is 0. The zero-order chi connectivity index (χ0) is 14.5. The Morgan fingerprint density at radius 3 is 3.00 bits per heavy atom. The van der Waals surface area contributed by atoms with Crippen LogP contribution in [-0.2, 0) is 6.54 Å². The third-order valence-electron chi connectivity index (χ3n) is 4.51. The van der Waals surface area contributed by atoms with Crippen LogP contribution in [0.15, 0.2) is 24.5 Å². The van der Waals surface area contributed by atoms with E-state index < -0.39 is 0 Å². The van der Waals surface area contributed by atoms with Crippen LogP contribution in [0.1, 0.15) is 37.0 Å². The number of nitrogens with zero attached hydrogens (tertiary/aromatic N) is 1. The Kier molecular flexibility index (Phi) is 5.22. The fourth-order valence-corrected chi connectivity index (χ4v) is 4.37. The van der Waals surface area contributed by atoms with E-state index >= 15 is 0 Å². The van der Waals surface area contributed by atoms with Crippen LogP contribution in [0.2, 0.25) is 0 Å². The zero-order valence-corrected chi connectivity index (χ0v) is 13.2. The van der Waals surface area contributed by atoms with Gasteiger partial charge in [-0.05, 0) is 35.8 Å². The molecule has 21 heavy (non-hydrogen) atoms. The number of nitrogens with one attached hydrogen (secondary N) is 1. The first-order chi connectivity index (χ1) is 10.3. The summed E-state index contributed by atoms with van der Waals surface area (Å²) in [6.07, 6.45) is 10.4. The Hall–Kier alpha value is -0.970. The van der Waals surface area contributed by atoms with Gasteiger partial charge < -0.3 is 10.4 Å². The van der Waals surface area contributed by atoms with Crippen LogP contribution in [-0.4, -0.2) is 23.2 Å². The Balaban J connectivity index is 1.47. The number of aromatic nitrogens is 1. The van der Waals surface area contributed by atoms with Crippen LogP contribution in [0.4, 0.5) is 0 Å². The molecule has 0 radical (unpaired) electrons. The topological polar surface area (TPSA) is 45.1 Å². The summed E-state index contributed by atoms with van der Waals surface area (Å²) in [4.78, 5) is 5.51. The lowest BCUT2D eigenvalue weighted by Gasteiger charge is -2.18. The summed E-state index contributed by atoms with van der Waals surface area (Å²) in [6.45, 7) is 2.11. The molecule has 2 aromatic heterocycles. The van der Waals surface area contributed by atoms with Crippen LogP contribution in [0, 0.1) is 11.8 Å². The minimum atomic E-state index is 0.305. The van der Waals surface area contributed by atoms with Gasteiger partial charge in [0, 0.05) is 37.0 Å². The monoisotopic (exact) mass is 304 g/mol. The molecule has 0 aliphatic heterocycles. The van der Waals surface area contributed by atoms with E-state index in [1.54, 1.807) is 11.3 Å². The third kappa shape index (κ3) is 4.02. The van der Waals surface area contributed by atoms with Crippen LogP contribution in [0.25, 0.3) is 10.1 Å². The van der Waals surface area contributed by atoms with Gasteiger partial charge in [-0.15, -0.1) is 11.3 Å². The van der Waals surface area contributed by atoms with Crippen molar-refractivity contribution in [2.24, 2.45) is 11.8 Å². The molecule has 114 valence electrons. The summed E-state index contributed by atoms with van der Waals surface area (Å²) in [5, 5.41) is 14.3. The van der Waals surface area contributed by atoms with Crippen molar-refractivity contribution in [3.8, 4) is 0 Å². The maximum absolute atomic E-state index is 9.55. The average Bonchev–Trinajstić information content (AvgIpc) is 3.14. The van der Waals surface area contributed by atoms with Gasteiger partial charge in [0.05, 0.1) is 4.70 Å². The number of rotatable bonds is 7. The normalized spacial score (nSPS) is 17.6. The minimum Gasteiger partial charge on any atom is -0.396 e. The van der Waals surface area contributed by atoms with E-state index in [2.05, 4.69) is 22.4 Å². The van der Waals surface area contributed by atoms with Crippen molar-refractivity contribution >= 4 is 21.4 Å². The molecule has 1 unspecified atom stereocenters. The molecule has 0 spiro atoms. The van der Waals surface area contributed by atoms with Gasteiger partial charge >= 0.3 is 0 Å². The number of pyridine rings is 1. The van der Waals surface area contributed by atoms with Crippen molar-refractivity contribution < 1.29 is 5.11 Å². The van der Waals surface area contributed by atoms with E-state index in [1.807, 2.05) is 12.4 Å². The van der Waals surface area contributed by atoms with Crippen molar-refractivity contribution in [1.29, 1.82) is 0 Å². The summed E-state index contributed by atoms with van der Waals surface area (Å²) in [6, 6.07) is 4.30. The molecule has 0 saturated heterocycles. The zero-order valence-electron chi connectivity index (χ0n) is 12.4. The predicted octanol–water partition coefficient (Wildman–Crippen LogP) is 3.57. The SMILES string of the molecule is OCC(CNCc1cc2ccncc2s1)CC1CCCC1. The Morgan fingerprint density at radius 2 is 2.24 bits per heavy atom. The Bertz CT molecular complexity index is 530. The molecule has 0 amide bonds. The molecule has 0 aromatic carbocycles. The van der Waals surface area contributed by atoms with Gasteiger partial charge in [-0.3, -0.25) is 4.98 Å². The first-order valence-electron chi connectivity index (χ1n) is 7.99. The van der Waals surface area contributed by atoms with Gasteiger partial charge in [0.25, 0.3) is 0 Å². The molecular weight excluding hydrogens is 280 g/mol. The van der Waals surface area contributed by atoms with Crippen molar-refractivity contribution in [2.75, 3.05) is 13.2 Å². The maximum Gasteiger partial charge on any atom is 0.0529 e. The summed E-state index contributed by atoms with van der Waals surface area (Å²) in [5.74, 6) is 1.25. The fraction of sp³-hybridized carbons (Fsp3) is 0.588. The second-order valence-electron chi connectivity index (χ2n) is 6.19. The van der Waals surface area contributed by atoms with E-state index in [9.17, 15) is 5.11 Å². The maximum atomic E-state index is 9.55. The largest absolute Gasteiger partial charge is 0.396 e. The predicted molar refractivity (Wildman–Crippen MR) is 88.5 cm³/mol. The molecule has 4 heteroatoms. The van der Waals surface area contributed by atoms with Gasteiger partial charge in [-0.25, -0.2) is 0 Å². The lowest BCUT2D eigenvalue weighted by Crippen LogP contribution is -2.26. The molecule has 1 atom stereocenters. The van der Waals surface area contributed by atoms with Crippen LogP contribution in [0.5, 0.6) is 0 Å². The first kappa shape index (κ1) is 14.9. The quantitative estimate of drug-likeness (QED) is 0.822. The molecule has 3 rings (SSSR count). The molecule has 2 heterocycles. The highest BCUT2D eigenvalue weighted by Crippen LogP contribution is 2.30. The van der Waals surface area contributed by atoms with Crippen molar-refractivity contribution in [1.82, 2.24) is 10.3 Å². The van der Waals surface area contributed by atoms with Crippen molar-refractivity contribution in [2.45, 2.75) is 38.6 Å². The van der Waals surface area contributed by atoms with Gasteiger partial charge in [0.15, 0.2) is 0 Å². The highest BCUT2D eigenvalue weighted by Gasteiger charge is 2.19. The fourth-order valence-electron chi connectivity index (χ4n) is 3.37. The van der Waals surface area contributed by atoms with E-state index in [0.29, 0.717) is 12.5 Å². The van der Waals surface area contributed by atoms with Gasteiger partial charge in [0.1, 0.15) is 0 Å². The second kappa shape index (κ2) is 7.34. The van der Waals surface area contributed by atoms with Crippen molar-refractivity contribution in [3.63, 3.8) is 0 Å². The van der Waals surface area contributed by atoms with Gasteiger partial charge in [-0.2, -0.15) is 0 Å². The standard InChI is InChI=1S/C17H24N2OS/c20-12-14(7-13-3-1-2-4-13)9-19-10-16-8-15-5-6-18-11-17(15)21-16/h5-6,8,11,13-14,19-20H,1-4,7,9-10,12H2. The minimum absolute atomic E-state index is 0.305. The Morgan fingerprint density at radius 1 is 1.38 bits per heavy atom. The highest BCUT2D eigenvalue weighted by molar-refractivity contribution is 7.19. The average molecular weight is 304 g/mol. The van der Waals surface area contributed by atoms with Crippen LogP contribution < -0.4 is 5.32 Å². The summed E-state index contributed by atoms with van der Waals surface area (Å²) in [7, 11) is 0. The van der Waals surface area contributed by atoms with Crippen molar-refractivity contribution in [3.05, 3.63) is 29.4 Å². The third-order valence-corrected chi connectivity index (χ3v) is 5.59. The summed E-state index contributed by atoms with van der Waals surface area (Å²) < 4.78 is 1.25. The number of thiophene rings is 1. The van der Waals surface area contributed by atoms with Crippen LogP contribution >= 0.6 is 11.3 Å². The van der Waals surface area contributed by atoms with E-state index in [-0.39, 0.29) is 0 Å². The van der Waals surface area contributed by atoms with Gasteiger partial charge in [-0.1, -0.05) is 25.7 Å². The molecule has 1 aliphatic carbocycles. The molecule has 3 nitrogen and oxygen atoms in total. The molecular formula is C17H24N2OS. The number of hydrogen-bond donors (Lipinski definition) is 2. The number of aliphatic hydroxyl groups is 1. The molecule has 2 aromatic rings. The lowest BCUT2D eigenvalue weighted by molar-refractivity contribution is 0.197. The summed E-state index contributed by atoms with van der Waals surface area (Å²) >= 11 is 1.80. The van der Waals surface area contributed by atoms with Crippen LogP contribution in [0.3, 0.4) is 0 Å². The molecule has 1 saturated carbocycles.